The van der Waals surface area contributed by atoms with Crippen molar-refractivity contribution in [2.24, 2.45) is 0 Å². The second-order valence-corrected chi connectivity index (χ2v) is 8.58. The Morgan fingerprint density at radius 2 is 1.86 bits per heavy atom. The molecule has 3 aromatic rings. The van der Waals surface area contributed by atoms with Gasteiger partial charge in [0.2, 0.25) is 6.79 Å². The Kier molecular flexibility index (Phi) is 6.01. The smallest absolute Gasteiger partial charge is 0.264 e. The molecule has 1 amide bonds. The van der Waals surface area contributed by atoms with Crippen molar-refractivity contribution >= 4 is 23.5 Å². The van der Waals surface area contributed by atoms with Gasteiger partial charge < -0.3 is 24.2 Å². The lowest BCUT2D eigenvalue weighted by molar-refractivity contribution is -0.140. The normalized spacial score (nSPS) is 18.2. The fourth-order valence-electron chi connectivity index (χ4n) is 4.31. The van der Waals surface area contributed by atoms with Gasteiger partial charge in [-0.15, -0.1) is 0 Å². The molecule has 1 unspecified atom stereocenters. The number of anilines is 1. The van der Waals surface area contributed by atoms with Crippen molar-refractivity contribution < 1.29 is 28.9 Å². The standard InChI is InChI=1S/C28H25NO6/c1-19-6-11-22(12-7-19)33-15-14-29-24-5-3-2-4-23(24)28(32,27(29)31)17-21(30)10-8-20-9-13-25-26(16-20)35-18-34-25/h2-13,16,32H,14-15,17-18H2,1H3/b10-8+. The van der Waals surface area contributed by atoms with E-state index in [9.17, 15) is 14.7 Å². The summed E-state index contributed by atoms with van der Waals surface area (Å²) in [6, 6.07) is 20.0. The van der Waals surface area contributed by atoms with Crippen LogP contribution in [-0.4, -0.2) is 36.7 Å². The molecule has 1 atom stereocenters. The van der Waals surface area contributed by atoms with Crippen LogP contribution in [0, 0.1) is 6.92 Å². The van der Waals surface area contributed by atoms with E-state index in [2.05, 4.69) is 0 Å². The first-order valence-electron chi connectivity index (χ1n) is 11.4. The molecule has 0 radical (unpaired) electrons. The molecule has 5 rings (SSSR count). The van der Waals surface area contributed by atoms with Crippen molar-refractivity contribution in [2.45, 2.75) is 18.9 Å². The molecule has 0 aromatic heterocycles. The van der Waals surface area contributed by atoms with Crippen molar-refractivity contribution in [3.8, 4) is 17.2 Å². The third kappa shape index (κ3) is 4.50. The number of aliphatic hydroxyl groups is 1. The Morgan fingerprint density at radius 1 is 1.09 bits per heavy atom. The Bertz CT molecular complexity index is 1300. The van der Waals surface area contributed by atoms with Gasteiger partial charge in [-0.3, -0.25) is 9.59 Å². The number of hydrogen-bond donors (Lipinski definition) is 1. The molecule has 178 valence electrons. The summed E-state index contributed by atoms with van der Waals surface area (Å²) in [6.07, 6.45) is 2.64. The largest absolute Gasteiger partial charge is 0.492 e. The predicted octanol–water partition coefficient (Wildman–Crippen LogP) is 4.01. The van der Waals surface area contributed by atoms with Crippen molar-refractivity contribution in [1.29, 1.82) is 0 Å². The van der Waals surface area contributed by atoms with E-state index in [0.717, 1.165) is 11.1 Å². The number of amides is 1. The maximum absolute atomic E-state index is 13.3. The van der Waals surface area contributed by atoms with Crippen LogP contribution in [0.25, 0.3) is 6.08 Å². The summed E-state index contributed by atoms with van der Waals surface area (Å²) in [7, 11) is 0. The molecule has 2 aliphatic rings. The molecular weight excluding hydrogens is 446 g/mol. The second kappa shape index (κ2) is 9.27. The molecular formula is C28H25NO6. The number of para-hydroxylation sites is 1. The van der Waals surface area contributed by atoms with E-state index in [4.69, 9.17) is 14.2 Å². The lowest BCUT2D eigenvalue weighted by Crippen LogP contribution is -2.43. The third-order valence-electron chi connectivity index (χ3n) is 6.13. The molecule has 0 saturated carbocycles. The van der Waals surface area contributed by atoms with E-state index < -0.39 is 11.5 Å². The first kappa shape index (κ1) is 22.7. The minimum Gasteiger partial charge on any atom is -0.492 e. The number of aryl methyl sites for hydroxylation is 1. The van der Waals surface area contributed by atoms with Crippen LogP contribution >= 0.6 is 0 Å². The number of ether oxygens (including phenoxy) is 3. The molecule has 0 aliphatic carbocycles. The lowest BCUT2D eigenvalue weighted by atomic mass is 9.89. The highest BCUT2D eigenvalue weighted by molar-refractivity contribution is 6.10. The number of allylic oxidation sites excluding steroid dienone is 1. The van der Waals surface area contributed by atoms with E-state index in [1.54, 1.807) is 48.5 Å². The minimum absolute atomic E-state index is 0.169. The van der Waals surface area contributed by atoms with Crippen LogP contribution in [0.4, 0.5) is 5.69 Å². The zero-order chi connectivity index (χ0) is 24.4. The number of carbonyl (C=O) groups excluding carboxylic acids is 2. The fourth-order valence-corrected chi connectivity index (χ4v) is 4.31. The third-order valence-corrected chi connectivity index (χ3v) is 6.13. The van der Waals surface area contributed by atoms with Crippen LogP contribution in [0.1, 0.15) is 23.1 Å². The highest BCUT2D eigenvalue weighted by Crippen LogP contribution is 2.42. The average molecular weight is 472 g/mol. The maximum Gasteiger partial charge on any atom is 0.264 e. The number of carbonyl (C=O) groups is 2. The van der Waals surface area contributed by atoms with E-state index in [1.807, 2.05) is 31.2 Å². The molecule has 1 N–H and O–H groups in total. The zero-order valence-electron chi connectivity index (χ0n) is 19.3. The zero-order valence-corrected chi connectivity index (χ0v) is 19.3. The first-order chi connectivity index (χ1) is 16.9. The topological polar surface area (TPSA) is 85.3 Å². The van der Waals surface area contributed by atoms with Gasteiger partial charge in [-0.05, 0) is 48.9 Å². The second-order valence-electron chi connectivity index (χ2n) is 8.58. The Balaban J connectivity index is 1.28. The van der Waals surface area contributed by atoms with Gasteiger partial charge in [-0.1, -0.05) is 48.0 Å². The number of ketones is 1. The number of nitrogens with zero attached hydrogens (tertiary/aromatic N) is 1. The van der Waals surface area contributed by atoms with E-state index in [-0.39, 0.29) is 32.1 Å². The Hall–Kier alpha value is -4.10. The molecule has 2 heterocycles. The van der Waals surface area contributed by atoms with E-state index >= 15 is 0 Å². The van der Waals surface area contributed by atoms with Crippen LogP contribution in [0.2, 0.25) is 0 Å². The molecule has 0 bridgehead atoms. The summed E-state index contributed by atoms with van der Waals surface area (Å²) >= 11 is 0. The van der Waals surface area contributed by atoms with Gasteiger partial charge in [-0.2, -0.15) is 0 Å². The molecule has 7 nitrogen and oxygen atoms in total. The molecule has 7 heteroatoms. The van der Waals surface area contributed by atoms with E-state index in [0.29, 0.717) is 28.5 Å². The van der Waals surface area contributed by atoms with Gasteiger partial charge in [0, 0.05) is 5.56 Å². The predicted molar refractivity (Wildman–Crippen MR) is 131 cm³/mol. The van der Waals surface area contributed by atoms with Gasteiger partial charge in [0.15, 0.2) is 22.9 Å². The maximum atomic E-state index is 13.3. The fraction of sp³-hybridized carbons (Fsp3) is 0.214. The van der Waals surface area contributed by atoms with Gasteiger partial charge in [0.25, 0.3) is 5.91 Å². The van der Waals surface area contributed by atoms with Crippen LogP contribution in [-0.2, 0) is 15.2 Å². The van der Waals surface area contributed by atoms with Crippen molar-refractivity contribution in [3.63, 3.8) is 0 Å². The molecule has 35 heavy (non-hydrogen) atoms. The highest BCUT2D eigenvalue weighted by atomic mass is 16.7. The number of hydrogen-bond acceptors (Lipinski definition) is 6. The molecule has 2 aliphatic heterocycles. The van der Waals surface area contributed by atoms with Crippen molar-refractivity contribution in [1.82, 2.24) is 0 Å². The summed E-state index contributed by atoms with van der Waals surface area (Å²) in [5, 5.41) is 11.4. The van der Waals surface area contributed by atoms with Crippen molar-refractivity contribution in [2.75, 3.05) is 24.8 Å². The summed E-state index contributed by atoms with van der Waals surface area (Å²) in [5.74, 6) is 1.07. The van der Waals surface area contributed by atoms with Crippen molar-refractivity contribution in [3.05, 3.63) is 89.5 Å². The van der Waals surface area contributed by atoms with Gasteiger partial charge in [0.05, 0.1) is 18.7 Å². The summed E-state index contributed by atoms with van der Waals surface area (Å²) in [6.45, 7) is 2.66. The van der Waals surface area contributed by atoms with Gasteiger partial charge >= 0.3 is 0 Å². The quantitative estimate of drug-likeness (QED) is 0.500. The van der Waals surface area contributed by atoms with Crippen LogP contribution in [0.5, 0.6) is 17.2 Å². The monoisotopic (exact) mass is 471 g/mol. The number of fused-ring (bicyclic) bond motifs is 2. The highest BCUT2D eigenvalue weighted by Gasteiger charge is 2.50. The summed E-state index contributed by atoms with van der Waals surface area (Å²) in [5.41, 5.74) is 0.952. The summed E-state index contributed by atoms with van der Waals surface area (Å²) < 4.78 is 16.4. The Morgan fingerprint density at radius 3 is 2.69 bits per heavy atom. The molecule has 0 saturated heterocycles. The Labute approximate surface area is 203 Å². The number of benzene rings is 3. The van der Waals surface area contributed by atoms with Crippen LogP contribution < -0.4 is 19.1 Å². The average Bonchev–Trinajstić information content (AvgIpc) is 3.41. The SMILES string of the molecule is Cc1ccc(OCCN2C(=O)C(O)(CC(=O)/C=C/c3ccc4c(c3)OCO4)c3ccccc32)cc1. The van der Waals surface area contributed by atoms with Gasteiger partial charge in [-0.25, -0.2) is 0 Å². The first-order valence-corrected chi connectivity index (χ1v) is 11.4. The summed E-state index contributed by atoms with van der Waals surface area (Å²) in [4.78, 5) is 27.6. The molecule has 0 fully saturated rings. The van der Waals surface area contributed by atoms with E-state index in [1.165, 1.54) is 11.0 Å². The lowest BCUT2D eigenvalue weighted by Gasteiger charge is -2.22. The number of rotatable bonds is 8. The van der Waals surface area contributed by atoms with Gasteiger partial charge in [0.1, 0.15) is 12.4 Å². The van der Waals surface area contributed by atoms with Crippen LogP contribution in [0.3, 0.4) is 0 Å². The molecule has 3 aromatic carbocycles. The minimum atomic E-state index is -1.93. The molecule has 0 spiro atoms. The van der Waals surface area contributed by atoms with Crippen LogP contribution in [0.15, 0.2) is 72.8 Å².